The first kappa shape index (κ1) is 20.5. The topological polar surface area (TPSA) is 45.8 Å². The van der Waals surface area contributed by atoms with Gasteiger partial charge in [0, 0.05) is 28.9 Å². The van der Waals surface area contributed by atoms with E-state index >= 15 is 0 Å². The third-order valence-corrected chi connectivity index (χ3v) is 6.23. The van der Waals surface area contributed by atoms with Crippen LogP contribution in [0.4, 0.5) is 13.2 Å². The summed E-state index contributed by atoms with van der Waals surface area (Å²) in [5.41, 5.74) is 1.09. The van der Waals surface area contributed by atoms with Gasteiger partial charge in [-0.15, -0.1) is 0 Å². The van der Waals surface area contributed by atoms with Gasteiger partial charge in [-0.25, -0.2) is 4.98 Å². The Labute approximate surface area is 179 Å². The maximum atomic E-state index is 13.5. The van der Waals surface area contributed by atoms with Gasteiger partial charge in [0.15, 0.2) is 5.78 Å². The van der Waals surface area contributed by atoms with Gasteiger partial charge >= 0.3 is 6.18 Å². The van der Waals surface area contributed by atoms with Crippen LogP contribution < -0.4 is 0 Å². The number of pyridine rings is 1. The largest absolute Gasteiger partial charge is 0.417 e. The van der Waals surface area contributed by atoms with E-state index in [-0.39, 0.29) is 15.8 Å². The highest BCUT2D eigenvalue weighted by molar-refractivity contribution is 8.00. The summed E-state index contributed by atoms with van der Waals surface area (Å²) < 4.78 is 38.8. The van der Waals surface area contributed by atoms with Crippen molar-refractivity contribution in [1.82, 2.24) is 9.97 Å². The summed E-state index contributed by atoms with van der Waals surface area (Å²) in [5, 5.41) is 0.0526. The van der Waals surface area contributed by atoms with Gasteiger partial charge in [0.25, 0.3) is 0 Å². The van der Waals surface area contributed by atoms with Gasteiger partial charge in [-0.3, -0.25) is 4.79 Å². The number of halogens is 4. The summed E-state index contributed by atoms with van der Waals surface area (Å²) >= 11 is 7.12. The zero-order valence-electron chi connectivity index (χ0n) is 15.3. The number of ketones is 1. The number of carbonyl (C=O) groups is 1. The highest BCUT2D eigenvalue weighted by atomic mass is 35.5. The number of nitrogens with one attached hydrogen (secondary N) is 1. The van der Waals surface area contributed by atoms with Gasteiger partial charge in [-0.1, -0.05) is 71.9 Å². The Balaban J connectivity index is 1.74. The fraction of sp³-hybridized carbons (Fsp3) is 0.0909. The number of Topliss-reactive ketones (excluding diaryl/α,β-unsaturated/α-hetero) is 1. The molecule has 0 radical (unpaired) electrons. The Kier molecular flexibility index (Phi) is 5.58. The number of hydrogen-bond acceptors (Lipinski definition) is 3. The standard InChI is InChI=1S/C22H14ClF3N2OS/c23-17-10-14(22(24,25)26)11-28-21(17)30-20(13-6-2-1-3-7-13)19(29)16-12-27-18-9-5-4-8-15(16)18/h1-12,20,27H/t20-/m1/s1. The van der Waals surface area contributed by atoms with Crippen molar-refractivity contribution >= 4 is 40.0 Å². The number of para-hydroxylation sites is 1. The van der Waals surface area contributed by atoms with Gasteiger partial charge in [0.2, 0.25) is 0 Å². The maximum absolute atomic E-state index is 13.5. The Morgan fingerprint density at radius 3 is 2.47 bits per heavy atom. The summed E-state index contributed by atoms with van der Waals surface area (Å²) in [6.45, 7) is 0. The zero-order valence-corrected chi connectivity index (χ0v) is 16.9. The molecule has 30 heavy (non-hydrogen) atoms. The van der Waals surface area contributed by atoms with Gasteiger partial charge < -0.3 is 4.98 Å². The molecule has 2 heterocycles. The van der Waals surface area contributed by atoms with E-state index in [1.807, 2.05) is 30.3 Å². The average Bonchev–Trinajstić information content (AvgIpc) is 3.16. The van der Waals surface area contributed by atoms with Crippen molar-refractivity contribution < 1.29 is 18.0 Å². The minimum Gasteiger partial charge on any atom is -0.360 e. The maximum Gasteiger partial charge on any atom is 0.417 e. The number of hydrogen-bond donors (Lipinski definition) is 1. The molecular weight excluding hydrogens is 433 g/mol. The lowest BCUT2D eigenvalue weighted by Crippen LogP contribution is -2.11. The summed E-state index contributed by atoms with van der Waals surface area (Å²) in [4.78, 5) is 20.4. The normalized spacial score (nSPS) is 12.8. The number of aromatic nitrogens is 2. The molecule has 1 N–H and O–H groups in total. The third kappa shape index (κ3) is 4.08. The second-order valence-corrected chi connectivity index (χ2v) is 8.03. The quantitative estimate of drug-likeness (QED) is 0.266. The van der Waals surface area contributed by atoms with Crippen LogP contribution in [0.3, 0.4) is 0 Å². The van der Waals surface area contributed by atoms with Crippen LogP contribution in [0.15, 0.2) is 78.1 Å². The molecule has 4 aromatic rings. The summed E-state index contributed by atoms with van der Waals surface area (Å²) in [6, 6.07) is 17.2. The molecule has 2 aromatic carbocycles. The molecule has 0 spiro atoms. The van der Waals surface area contributed by atoms with Crippen LogP contribution in [-0.4, -0.2) is 15.8 Å². The molecule has 0 amide bonds. The SMILES string of the molecule is O=C(c1c[nH]c2ccccc12)[C@H](Sc1ncc(C(F)(F)F)cc1Cl)c1ccccc1. The first-order valence-corrected chi connectivity index (χ1v) is 10.1. The first-order valence-electron chi connectivity index (χ1n) is 8.89. The summed E-state index contributed by atoms with van der Waals surface area (Å²) in [5.74, 6) is -0.193. The van der Waals surface area contributed by atoms with Crippen molar-refractivity contribution in [3.05, 3.63) is 94.8 Å². The molecule has 4 rings (SSSR count). The molecule has 2 aromatic heterocycles. The van der Waals surface area contributed by atoms with E-state index in [1.54, 1.807) is 30.5 Å². The monoisotopic (exact) mass is 446 g/mol. The number of thioether (sulfide) groups is 1. The van der Waals surface area contributed by atoms with E-state index in [1.165, 1.54) is 0 Å². The second-order valence-electron chi connectivity index (χ2n) is 6.53. The Hall–Kier alpha value is -2.77. The van der Waals surface area contributed by atoms with Crippen LogP contribution in [0.5, 0.6) is 0 Å². The number of fused-ring (bicyclic) bond motifs is 1. The highest BCUT2D eigenvalue weighted by Gasteiger charge is 2.32. The van der Waals surface area contributed by atoms with Crippen LogP contribution in [0.25, 0.3) is 10.9 Å². The van der Waals surface area contributed by atoms with Crippen LogP contribution in [0, 0.1) is 0 Å². The van der Waals surface area contributed by atoms with Crippen molar-refractivity contribution in [2.75, 3.05) is 0 Å². The van der Waals surface area contributed by atoms with Crippen LogP contribution in [0.1, 0.15) is 26.7 Å². The van der Waals surface area contributed by atoms with Crippen LogP contribution >= 0.6 is 23.4 Å². The summed E-state index contributed by atoms with van der Waals surface area (Å²) in [6.07, 6.45) is -2.17. The van der Waals surface area contributed by atoms with E-state index in [2.05, 4.69) is 9.97 Å². The van der Waals surface area contributed by atoms with Crippen molar-refractivity contribution in [2.24, 2.45) is 0 Å². The lowest BCUT2D eigenvalue weighted by Gasteiger charge is -2.17. The lowest BCUT2D eigenvalue weighted by molar-refractivity contribution is -0.137. The van der Waals surface area contributed by atoms with Gasteiger partial charge in [-0.05, 0) is 17.7 Å². The van der Waals surface area contributed by atoms with Gasteiger partial charge in [0.1, 0.15) is 5.03 Å². The van der Waals surface area contributed by atoms with Crippen molar-refractivity contribution in [2.45, 2.75) is 16.5 Å². The Bertz CT molecular complexity index is 1210. The number of carbonyl (C=O) groups excluding carboxylic acids is 1. The molecule has 3 nitrogen and oxygen atoms in total. The molecule has 0 fully saturated rings. The smallest absolute Gasteiger partial charge is 0.360 e. The fourth-order valence-corrected chi connectivity index (χ4v) is 4.43. The van der Waals surface area contributed by atoms with E-state index in [9.17, 15) is 18.0 Å². The van der Waals surface area contributed by atoms with Gasteiger partial charge in [-0.2, -0.15) is 13.2 Å². The molecule has 0 saturated carbocycles. The predicted octanol–water partition coefficient (Wildman–Crippen LogP) is 6.95. The average molecular weight is 447 g/mol. The Morgan fingerprint density at radius 2 is 1.77 bits per heavy atom. The molecule has 8 heteroatoms. The Morgan fingerprint density at radius 1 is 1.07 bits per heavy atom. The number of H-pyrrole nitrogens is 1. The fourth-order valence-electron chi connectivity index (χ4n) is 3.10. The molecule has 152 valence electrons. The predicted molar refractivity (Wildman–Crippen MR) is 112 cm³/mol. The third-order valence-electron chi connectivity index (χ3n) is 4.56. The minimum absolute atomic E-state index is 0.150. The van der Waals surface area contributed by atoms with Crippen molar-refractivity contribution in [3.8, 4) is 0 Å². The molecule has 1 atom stereocenters. The number of nitrogens with zero attached hydrogens (tertiary/aromatic N) is 1. The second kappa shape index (κ2) is 8.16. The molecule has 0 unspecified atom stereocenters. The number of rotatable bonds is 5. The lowest BCUT2D eigenvalue weighted by atomic mass is 10.0. The molecule has 0 aliphatic rings. The zero-order chi connectivity index (χ0) is 21.3. The first-order chi connectivity index (χ1) is 14.3. The molecule has 0 aliphatic heterocycles. The van der Waals surface area contributed by atoms with Crippen LogP contribution in [-0.2, 0) is 6.18 Å². The van der Waals surface area contributed by atoms with E-state index in [0.717, 1.165) is 34.9 Å². The molecule has 0 bridgehead atoms. The van der Waals surface area contributed by atoms with Gasteiger partial charge in [0.05, 0.1) is 15.8 Å². The highest BCUT2D eigenvalue weighted by Crippen LogP contribution is 2.42. The number of alkyl halides is 3. The summed E-state index contributed by atoms with van der Waals surface area (Å²) in [7, 11) is 0. The van der Waals surface area contributed by atoms with E-state index in [0.29, 0.717) is 11.1 Å². The number of aromatic amines is 1. The molecule has 0 aliphatic carbocycles. The minimum atomic E-state index is -4.54. The number of benzene rings is 2. The molecule has 0 saturated heterocycles. The molecular formula is C22H14ClF3N2OS. The van der Waals surface area contributed by atoms with E-state index in [4.69, 9.17) is 11.6 Å². The van der Waals surface area contributed by atoms with E-state index < -0.39 is 17.0 Å². The van der Waals surface area contributed by atoms with Crippen molar-refractivity contribution in [1.29, 1.82) is 0 Å². The van der Waals surface area contributed by atoms with Crippen LogP contribution in [0.2, 0.25) is 5.02 Å². The van der Waals surface area contributed by atoms with Crippen molar-refractivity contribution in [3.63, 3.8) is 0 Å².